The molecule has 0 fully saturated rings. The van der Waals surface area contributed by atoms with Crippen LogP contribution in [0.25, 0.3) is 0 Å². The van der Waals surface area contributed by atoms with Gasteiger partial charge in [-0.05, 0) is 35.4 Å². The molecule has 0 N–H and O–H groups in total. The lowest BCUT2D eigenvalue weighted by Crippen LogP contribution is -2.18. The number of benzene rings is 2. The van der Waals surface area contributed by atoms with Crippen molar-refractivity contribution in [2.75, 3.05) is 20.3 Å². The summed E-state index contributed by atoms with van der Waals surface area (Å²) >= 11 is 0. The lowest BCUT2D eigenvalue weighted by molar-refractivity contribution is -0.138. The van der Waals surface area contributed by atoms with Crippen LogP contribution in [0.3, 0.4) is 0 Å². The maximum absolute atomic E-state index is 10.9. The largest absolute Gasteiger partial charge is 0.497 e. The highest BCUT2D eigenvalue weighted by Crippen LogP contribution is 2.33. The van der Waals surface area contributed by atoms with Crippen LogP contribution in [0.15, 0.2) is 61.2 Å². The Morgan fingerprint density at radius 3 is 1.96 bits per heavy atom. The molecule has 0 bridgehead atoms. The van der Waals surface area contributed by atoms with Crippen LogP contribution in [0.1, 0.15) is 25.0 Å². The van der Waals surface area contributed by atoms with E-state index in [1.54, 1.807) is 7.11 Å². The summed E-state index contributed by atoms with van der Waals surface area (Å²) in [5.74, 6) is 1.14. The molecule has 25 heavy (non-hydrogen) atoms. The molecular formula is C21H24O4. The molecule has 0 saturated carbocycles. The third kappa shape index (κ3) is 4.86. The minimum atomic E-state index is -0.444. The molecule has 2 aromatic rings. The third-order valence-electron chi connectivity index (χ3n) is 4.15. The first-order valence-corrected chi connectivity index (χ1v) is 8.14. The minimum Gasteiger partial charge on any atom is -0.497 e. The van der Waals surface area contributed by atoms with Crippen molar-refractivity contribution >= 4 is 5.97 Å². The molecular weight excluding hydrogens is 316 g/mol. The van der Waals surface area contributed by atoms with Gasteiger partial charge < -0.3 is 14.2 Å². The van der Waals surface area contributed by atoms with Crippen LogP contribution >= 0.6 is 0 Å². The number of methoxy groups -OCH3 is 1. The zero-order valence-corrected chi connectivity index (χ0v) is 15.0. The van der Waals surface area contributed by atoms with Gasteiger partial charge in [-0.2, -0.15) is 0 Å². The summed E-state index contributed by atoms with van der Waals surface area (Å²) in [7, 11) is 1.66. The van der Waals surface area contributed by atoms with E-state index in [1.165, 1.54) is 11.1 Å². The molecule has 0 aliphatic carbocycles. The molecule has 0 heterocycles. The Morgan fingerprint density at radius 1 is 0.960 bits per heavy atom. The Morgan fingerprint density at radius 2 is 1.48 bits per heavy atom. The van der Waals surface area contributed by atoms with Crippen molar-refractivity contribution in [1.82, 2.24) is 0 Å². The molecule has 2 aromatic carbocycles. The van der Waals surface area contributed by atoms with Crippen LogP contribution in [0.5, 0.6) is 11.5 Å². The van der Waals surface area contributed by atoms with E-state index in [4.69, 9.17) is 14.2 Å². The van der Waals surface area contributed by atoms with E-state index in [9.17, 15) is 4.79 Å². The molecule has 0 aliphatic heterocycles. The SMILES string of the molecule is C=CC(=O)OCCOc1ccc(C(C)(C)c2ccc(OC)cc2)cc1. The summed E-state index contributed by atoms with van der Waals surface area (Å²) in [6.07, 6.45) is 1.13. The van der Waals surface area contributed by atoms with Crippen LogP contribution in [0, 0.1) is 0 Å². The molecule has 0 aliphatic rings. The zero-order chi connectivity index (χ0) is 18.3. The number of hydrogen-bond acceptors (Lipinski definition) is 4. The lowest BCUT2D eigenvalue weighted by atomic mass is 9.78. The standard InChI is InChI=1S/C21H24O4/c1-5-20(22)25-15-14-24-19-12-8-17(9-13-19)21(2,3)16-6-10-18(23-4)11-7-16/h5-13H,1,14-15H2,2-4H3. The first-order chi connectivity index (χ1) is 12.0. The van der Waals surface area contributed by atoms with Gasteiger partial charge in [0, 0.05) is 11.5 Å². The van der Waals surface area contributed by atoms with E-state index in [2.05, 4.69) is 44.7 Å². The molecule has 0 unspecified atom stereocenters. The van der Waals surface area contributed by atoms with E-state index in [0.29, 0.717) is 6.61 Å². The van der Waals surface area contributed by atoms with Gasteiger partial charge in [-0.1, -0.05) is 44.7 Å². The second kappa shape index (κ2) is 8.38. The molecule has 0 aromatic heterocycles. The van der Waals surface area contributed by atoms with Crippen molar-refractivity contribution < 1.29 is 19.0 Å². The van der Waals surface area contributed by atoms with Crippen molar-refractivity contribution in [3.8, 4) is 11.5 Å². The Balaban J connectivity index is 1.99. The number of ether oxygens (including phenoxy) is 3. The van der Waals surface area contributed by atoms with E-state index in [-0.39, 0.29) is 12.0 Å². The monoisotopic (exact) mass is 340 g/mol. The quantitative estimate of drug-likeness (QED) is 0.412. The van der Waals surface area contributed by atoms with Crippen LogP contribution in [-0.4, -0.2) is 26.3 Å². The highest BCUT2D eigenvalue weighted by atomic mass is 16.6. The maximum Gasteiger partial charge on any atom is 0.330 e. The maximum atomic E-state index is 10.9. The van der Waals surface area contributed by atoms with E-state index in [0.717, 1.165) is 17.6 Å². The lowest BCUT2D eigenvalue weighted by Gasteiger charge is -2.26. The fraction of sp³-hybridized carbons (Fsp3) is 0.286. The van der Waals surface area contributed by atoms with Crippen molar-refractivity contribution in [2.45, 2.75) is 19.3 Å². The third-order valence-corrected chi connectivity index (χ3v) is 4.15. The second-order valence-electron chi connectivity index (χ2n) is 6.10. The topological polar surface area (TPSA) is 44.8 Å². The predicted octanol–water partition coefficient (Wildman–Crippen LogP) is 4.13. The Kier molecular flexibility index (Phi) is 6.23. The number of carbonyl (C=O) groups is 1. The molecule has 0 saturated heterocycles. The van der Waals surface area contributed by atoms with Crippen molar-refractivity contribution in [2.24, 2.45) is 0 Å². The van der Waals surface area contributed by atoms with Crippen LogP contribution in [0.2, 0.25) is 0 Å². The molecule has 0 amide bonds. The van der Waals surface area contributed by atoms with Gasteiger partial charge in [0.05, 0.1) is 7.11 Å². The Bertz CT molecular complexity index is 700. The highest BCUT2D eigenvalue weighted by Gasteiger charge is 2.23. The van der Waals surface area contributed by atoms with Crippen LogP contribution in [0.4, 0.5) is 0 Å². The first kappa shape index (κ1) is 18.6. The van der Waals surface area contributed by atoms with Gasteiger partial charge in [0.25, 0.3) is 0 Å². The number of carbonyl (C=O) groups excluding carboxylic acids is 1. The number of rotatable bonds is 8. The van der Waals surface area contributed by atoms with Gasteiger partial charge in [0.1, 0.15) is 24.7 Å². The fourth-order valence-electron chi connectivity index (χ4n) is 2.50. The second-order valence-corrected chi connectivity index (χ2v) is 6.10. The normalized spacial score (nSPS) is 10.8. The van der Waals surface area contributed by atoms with Gasteiger partial charge in [0.2, 0.25) is 0 Å². The average Bonchev–Trinajstić information content (AvgIpc) is 2.65. The van der Waals surface area contributed by atoms with Gasteiger partial charge in [-0.25, -0.2) is 4.79 Å². The highest BCUT2D eigenvalue weighted by molar-refractivity contribution is 5.81. The fourth-order valence-corrected chi connectivity index (χ4v) is 2.50. The molecule has 4 heteroatoms. The van der Waals surface area contributed by atoms with Crippen molar-refractivity contribution in [3.05, 3.63) is 72.3 Å². The summed E-state index contributed by atoms with van der Waals surface area (Å²) < 4.78 is 15.7. The summed E-state index contributed by atoms with van der Waals surface area (Å²) in [6, 6.07) is 16.1. The molecule has 2 rings (SSSR count). The van der Waals surface area contributed by atoms with Gasteiger partial charge in [-0.3, -0.25) is 0 Å². The number of hydrogen-bond donors (Lipinski definition) is 0. The molecule has 4 nitrogen and oxygen atoms in total. The van der Waals surface area contributed by atoms with Crippen molar-refractivity contribution in [3.63, 3.8) is 0 Å². The molecule has 0 radical (unpaired) electrons. The first-order valence-electron chi connectivity index (χ1n) is 8.14. The van der Waals surface area contributed by atoms with Gasteiger partial charge in [-0.15, -0.1) is 0 Å². The summed E-state index contributed by atoms with van der Waals surface area (Å²) in [5.41, 5.74) is 2.26. The van der Waals surface area contributed by atoms with E-state index < -0.39 is 5.97 Å². The van der Waals surface area contributed by atoms with Gasteiger partial charge >= 0.3 is 5.97 Å². The molecule has 0 atom stereocenters. The Hall–Kier alpha value is -2.75. The van der Waals surface area contributed by atoms with E-state index in [1.807, 2.05) is 24.3 Å². The minimum absolute atomic E-state index is 0.135. The summed E-state index contributed by atoms with van der Waals surface area (Å²) in [4.78, 5) is 10.9. The number of esters is 1. The van der Waals surface area contributed by atoms with E-state index >= 15 is 0 Å². The summed E-state index contributed by atoms with van der Waals surface area (Å²) in [6.45, 7) is 8.21. The Labute approximate surface area is 149 Å². The summed E-state index contributed by atoms with van der Waals surface area (Å²) in [5, 5.41) is 0. The van der Waals surface area contributed by atoms with Crippen molar-refractivity contribution in [1.29, 1.82) is 0 Å². The molecule has 132 valence electrons. The van der Waals surface area contributed by atoms with Gasteiger partial charge in [0.15, 0.2) is 0 Å². The smallest absolute Gasteiger partial charge is 0.330 e. The predicted molar refractivity (Wildman–Crippen MR) is 98.2 cm³/mol. The molecule has 0 spiro atoms. The van der Waals surface area contributed by atoms with Crippen LogP contribution < -0.4 is 9.47 Å². The zero-order valence-electron chi connectivity index (χ0n) is 15.0. The average molecular weight is 340 g/mol. The van der Waals surface area contributed by atoms with Crippen LogP contribution in [-0.2, 0) is 14.9 Å².